The van der Waals surface area contributed by atoms with Gasteiger partial charge in [0.15, 0.2) is 0 Å². The Hall–Kier alpha value is -2.51. The summed E-state index contributed by atoms with van der Waals surface area (Å²) in [7, 11) is 1.16. The molecule has 0 spiro atoms. The fraction of sp³-hybridized carbons (Fsp3) is 0.357. The van der Waals surface area contributed by atoms with Crippen molar-refractivity contribution in [1.82, 2.24) is 10.2 Å². The smallest absolute Gasteiger partial charge is 0.308 e. The number of methoxy groups -OCH3 is 1. The third-order valence-corrected chi connectivity index (χ3v) is 3.29. The Kier molecular flexibility index (Phi) is 4.69. The number of carbonyl (C=O) groups is 3. The molecule has 0 bridgehead atoms. The summed E-state index contributed by atoms with van der Waals surface area (Å²) in [6.45, 7) is 0.324. The van der Waals surface area contributed by atoms with Gasteiger partial charge in [-0.25, -0.2) is 8.78 Å². The molecule has 1 aliphatic rings. The number of amides is 2. The van der Waals surface area contributed by atoms with Gasteiger partial charge in [-0.1, -0.05) is 0 Å². The van der Waals surface area contributed by atoms with E-state index < -0.39 is 35.5 Å². The van der Waals surface area contributed by atoms with E-state index in [1.54, 1.807) is 0 Å². The number of nitrogens with one attached hydrogen (secondary N) is 1. The summed E-state index contributed by atoms with van der Waals surface area (Å²) in [6.07, 6.45) is -0.328. The monoisotopic (exact) mass is 312 g/mol. The summed E-state index contributed by atoms with van der Waals surface area (Å²) < 4.78 is 31.0. The van der Waals surface area contributed by atoms with Crippen LogP contribution in [0.1, 0.15) is 16.8 Å². The lowest BCUT2D eigenvalue weighted by atomic mass is 10.1. The Morgan fingerprint density at radius 3 is 2.55 bits per heavy atom. The van der Waals surface area contributed by atoms with Gasteiger partial charge >= 0.3 is 5.97 Å². The molecule has 1 saturated heterocycles. The standard InChI is InChI=1S/C14H14F2N2O4/c1-22-12(19)7-11-13(20)17-2-3-18(11)14(21)8-4-9(15)6-10(16)5-8/h4-6,11H,2-3,7H2,1H3,(H,17,20)/t11-/m0/s1. The Balaban J connectivity index is 2.28. The van der Waals surface area contributed by atoms with Crippen LogP contribution in [0.5, 0.6) is 0 Å². The molecule has 1 heterocycles. The first-order valence-electron chi connectivity index (χ1n) is 6.54. The van der Waals surface area contributed by atoms with Crippen LogP contribution in [0.4, 0.5) is 8.78 Å². The number of nitrogens with zero attached hydrogens (tertiary/aromatic N) is 1. The molecule has 118 valence electrons. The van der Waals surface area contributed by atoms with Crippen LogP contribution in [-0.2, 0) is 14.3 Å². The van der Waals surface area contributed by atoms with Crippen LogP contribution in [0.15, 0.2) is 18.2 Å². The number of hydrogen-bond donors (Lipinski definition) is 1. The van der Waals surface area contributed by atoms with E-state index in [9.17, 15) is 23.2 Å². The predicted octanol–water partition coefficient (Wildman–Crippen LogP) is 0.469. The van der Waals surface area contributed by atoms with Crippen molar-refractivity contribution >= 4 is 17.8 Å². The highest BCUT2D eigenvalue weighted by Crippen LogP contribution is 2.16. The number of hydrogen-bond acceptors (Lipinski definition) is 4. The lowest BCUT2D eigenvalue weighted by molar-refractivity contribution is -0.145. The maximum atomic E-state index is 13.2. The molecule has 1 aromatic rings. The largest absolute Gasteiger partial charge is 0.469 e. The van der Waals surface area contributed by atoms with Gasteiger partial charge < -0.3 is 15.0 Å². The average Bonchev–Trinajstić information content (AvgIpc) is 2.47. The summed E-state index contributed by atoms with van der Waals surface area (Å²) in [5.74, 6) is -3.68. The molecule has 1 aliphatic heterocycles. The molecule has 1 atom stereocenters. The molecule has 22 heavy (non-hydrogen) atoms. The van der Waals surface area contributed by atoms with Gasteiger partial charge in [0.2, 0.25) is 5.91 Å². The SMILES string of the molecule is COC(=O)C[C@H]1C(=O)NCCN1C(=O)c1cc(F)cc(F)c1. The van der Waals surface area contributed by atoms with Crippen LogP contribution < -0.4 is 5.32 Å². The second-order valence-corrected chi connectivity index (χ2v) is 4.74. The van der Waals surface area contributed by atoms with Gasteiger partial charge in [-0.2, -0.15) is 0 Å². The molecule has 0 aliphatic carbocycles. The maximum absolute atomic E-state index is 13.2. The van der Waals surface area contributed by atoms with Gasteiger partial charge in [0.25, 0.3) is 5.91 Å². The summed E-state index contributed by atoms with van der Waals surface area (Å²) in [6, 6.07) is 1.34. The third-order valence-electron chi connectivity index (χ3n) is 3.29. The quantitative estimate of drug-likeness (QED) is 0.823. The topological polar surface area (TPSA) is 75.7 Å². The molecule has 0 aromatic heterocycles. The van der Waals surface area contributed by atoms with Crippen molar-refractivity contribution in [3.8, 4) is 0 Å². The van der Waals surface area contributed by atoms with Crippen molar-refractivity contribution in [2.75, 3.05) is 20.2 Å². The molecule has 1 aromatic carbocycles. The van der Waals surface area contributed by atoms with Gasteiger partial charge in [0, 0.05) is 24.7 Å². The van der Waals surface area contributed by atoms with E-state index in [2.05, 4.69) is 10.1 Å². The van der Waals surface area contributed by atoms with E-state index in [1.807, 2.05) is 0 Å². The minimum atomic E-state index is -1.07. The Morgan fingerprint density at radius 1 is 1.32 bits per heavy atom. The zero-order valence-corrected chi connectivity index (χ0v) is 11.8. The Labute approximate surface area is 125 Å². The van der Waals surface area contributed by atoms with Gasteiger partial charge in [0.05, 0.1) is 13.5 Å². The normalized spacial score (nSPS) is 17.9. The number of rotatable bonds is 3. The molecule has 0 radical (unpaired) electrons. The fourth-order valence-electron chi connectivity index (χ4n) is 2.25. The molecule has 2 rings (SSSR count). The van der Waals surface area contributed by atoms with Gasteiger partial charge in [-0.15, -0.1) is 0 Å². The lowest BCUT2D eigenvalue weighted by Gasteiger charge is -2.34. The zero-order chi connectivity index (χ0) is 16.3. The molecule has 1 fully saturated rings. The Bertz CT molecular complexity index is 601. The highest BCUT2D eigenvalue weighted by atomic mass is 19.1. The van der Waals surface area contributed by atoms with Crippen LogP contribution in [0.3, 0.4) is 0 Å². The van der Waals surface area contributed by atoms with E-state index in [-0.39, 0.29) is 25.1 Å². The van der Waals surface area contributed by atoms with Crippen LogP contribution in [0.2, 0.25) is 0 Å². The van der Waals surface area contributed by atoms with Crippen molar-refractivity contribution in [2.24, 2.45) is 0 Å². The van der Waals surface area contributed by atoms with Crippen molar-refractivity contribution in [3.63, 3.8) is 0 Å². The maximum Gasteiger partial charge on any atom is 0.308 e. The zero-order valence-electron chi connectivity index (χ0n) is 11.8. The predicted molar refractivity (Wildman–Crippen MR) is 70.8 cm³/mol. The van der Waals surface area contributed by atoms with E-state index in [0.29, 0.717) is 6.07 Å². The molecule has 2 amide bonds. The first kappa shape index (κ1) is 15.9. The lowest BCUT2D eigenvalue weighted by Crippen LogP contribution is -2.57. The van der Waals surface area contributed by atoms with Crippen LogP contribution >= 0.6 is 0 Å². The summed E-state index contributed by atoms with van der Waals surface area (Å²) in [4.78, 5) is 36.7. The van der Waals surface area contributed by atoms with E-state index in [1.165, 1.54) is 0 Å². The van der Waals surface area contributed by atoms with Crippen molar-refractivity contribution in [2.45, 2.75) is 12.5 Å². The summed E-state index contributed by atoms with van der Waals surface area (Å²) in [5.41, 5.74) is -0.220. The third kappa shape index (κ3) is 3.38. The highest BCUT2D eigenvalue weighted by Gasteiger charge is 2.35. The molecular weight excluding hydrogens is 298 g/mol. The van der Waals surface area contributed by atoms with E-state index in [0.717, 1.165) is 24.1 Å². The highest BCUT2D eigenvalue weighted by molar-refractivity contribution is 5.99. The van der Waals surface area contributed by atoms with Crippen LogP contribution in [0, 0.1) is 11.6 Å². The second kappa shape index (κ2) is 6.50. The molecular formula is C14H14F2N2O4. The number of benzene rings is 1. The van der Waals surface area contributed by atoms with E-state index in [4.69, 9.17) is 0 Å². The van der Waals surface area contributed by atoms with Crippen LogP contribution in [0.25, 0.3) is 0 Å². The average molecular weight is 312 g/mol. The molecule has 1 N–H and O–H groups in total. The van der Waals surface area contributed by atoms with Crippen molar-refractivity contribution in [3.05, 3.63) is 35.4 Å². The molecule has 8 heteroatoms. The minimum Gasteiger partial charge on any atom is -0.469 e. The number of esters is 1. The van der Waals surface area contributed by atoms with E-state index >= 15 is 0 Å². The number of ether oxygens (including phenoxy) is 1. The Morgan fingerprint density at radius 2 is 1.95 bits per heavy atom. The summed E-state index contributed by atoms with van der Waals surface area (Å²) >= 11 is 0. The number of piperazine rings is 1. The van der Waals surface area contributed by atoms with Gasteiger partial charge in [0.1, 0.15) is 17.7 Å². The molecule has 0 unspecified atom stereocenters. The van der Waals surface area contributed by atoms with Gasteiger partial charge in [-0.3, -0.25) is 14.4 Å². The minimum absolute atomic E-state index is 0.129. The van der Waals surface area contributed by atoms with Crippen molar-refractivity contribution in [1.29, 1.82) is 0 Å². The molecule has 6 nitrogen and oxygen atoms in total. The number of carbonyl (C=O) groups excluding carboxylic acids is 3. The van der Waals surface area contributed by atoms with Gasteiger partial charge in [-0.05, 0) is 12.1 Å². The molecule has 0 saturated carbocycles. The first-order chi connectivity index (χ1) is 10.4. The second-order valence-electron chi connectivity index (χ2n) is 4.74. The summed E-state index contributed by atoms with van der Waals surface area (Å²) in [5, 5.41) is 2.53. The van der Waals surface area contributed by atoms with Crippen molar-refractivity contribution < 1.29 is 27.9 Å². The number of halogens is 2. The first-order valence-corrected chi connectivity index (χ1v) is 6.54. The fourth-order valence-corrected chi connectivity index (χ4v) is 2.25. The van der Waals surface area contributed by atoms with Crippen LogP contribution in [-0.4, -0.2) is 48.9 Å².